The van der Waals surface area contributed by atoms with Gasteiger partial charge < -0.3 is 10.3 Å². The van der Waals surface area contributed by atoms with Crippen LogP contribution >= 0.6 is 0 Å². The lowest BCUT2D eigenvalue weighted by Gasteiger charge is -2.09. The van der Waals surface area contributed by atoms with Crippen LogP contribution < -0.4 is 5.73 Å². The van der Waals surface area contributed by atoms with Crippen molar-refractivity contribution in [3.05, 3.63) is 36.2 Å². The van der Waals surface area contributed by atoms with Gasteiger partial charge in [-0.1, -0.05) is 29.8 Å². The second-order valence-corrected chi connectivity index (χ2v) is 4.53. The van der Waals surface area contributed by atoms with Gasteiger partial charge in [0.25, 0.3) is 5.89 Å². The van der Waals surface area contributed by atoms with Gasteiger partial charge in [0.15, 0.2) is 5.82 Å². The van der Waals surface area contributed by atoms with Gasteiger partial charge in [0.2, 0.25) is 0 Å². The van der Waals surface area contributed by atoms with Crippen molar-refractivity contribution in [2.24, 2.45) is 5.73 Å². The predicted octanol–water partition coefficient (Wildman–Crippen LogP) is 2.33. The van der Waals surface area contributed by atoms with Gasteiger partial charge >= 0.3 is 0 Å². The molecule has 0 radical (unpaired) electrons. The van der Waals surface area contributed by atoms with Crippen molar-refractivity contribution in [2.45, 2.75) is 31.2 Å². The molecule has 1 aromatic heterocycles. The van der Waals surface area contributed by atoms with Gasteiger partial charge in [-0.25, -0.2) is 0 Å². The third-order valence-corrected chi connectivity index (χ3v) is 3.36. The minimum atomic E-state index is 0.177. The molecule has 1 aliphatic carbocycles. The zero-order valence-corrected chi connectivity index (χ0v) is 9.54. The van der Waals surface area contributed by atoms with E-state index in [0.29, 0.717) is 5.89 Å². The molecule has 0 spiro atoms. The van der Waals surface area contributed by atoms with Crippen LogP contribution in [-0.2, 0) is 0 Å². The summed E-state index contributed by atoms with van der Waals surface area (Å²) in [5.74, 6) is 1.60. The summed E-state index contributed by atoms with van der Waals surface area (Å²) in [6.45, 7) is 0. The minimum Gasteiger partial charge on any atom is -0.334 e. The Bertz CT molecular complexity index is 494. The minimum absolute atomic E-state index is 0.177. The molecule has 4 nitrogen and oxygen atoms in total. The lowest BCUT2D eigenvalue weighted by molar-refractivity contribution is 0.412. The number of aromatic nitrogens is 2. The molecule has 0 amide bonds. The summed E-state index contributed by atoms with van der Waals surface area (Å²) < 4.78 is 5.29. The van der Waals surface area contributed by atoms with Crippen LogP contribution in [0, 0.1) is 0 Å². The molecular formula is C13H15N3O. The first-order valence-corrected chi connectivity index (χ1v) is 5.99. The van der Waals surface area contributed by atoms with Crippen LogP contribution in [0.2, 0.25) is 0 Å². The molecule has 2 atom stereocenters. The van der Waals surface area contributed by atoms with E-state index < -0.39 is 0 Å². The van der Waals surface area contributed by atoms with Gasteiger partial charge in [-0.3, -0.25) is 0 Å². The van der Waals surface area contributed by atoms with Crippen molar-refractivity contribution >= 4 is 0 Å². The fourth-order valence-corrected chi connectivity index (χ4v) is 2.39. The van der Waals surface area contributed by atoms with Crippen molar-refractivity contribution < 1.29 is 4.52 Å². The van der Waals surface area contributed by atoms with E-state index >= 15 is 0 Å². The maximum absolute atomic E-state index is 6.04. The van der Waals surface area contributed by atoms with Crippen LogP contribution in [0.4, 0.5) is 0 Å². The fraction of sp³-hybridized carbons (Fsp3) is 0.385. The van der Waals surface area contributed by atoms with Crippen LogP contribution in [-0.4, -0.2) is 16.2 Å². The SMILES string of the molecule is N[C@H]1CCC[C@H]1c1noc(-c2ccccc2)n1. The molecule has 0 unspecified atom stereocenters. The Morgan fingerprint density at radius 1 is 1.18 bits per heavy atom. The van der Waals surface area contributed by atoms with Gasteiger partial charge in [-0.15, -0.1) is 0 Å². The van der Waals surface area contributed by atoms with Gasteiger partial charge in [0, 0.05) is 17.5 Å². The lowest BCUT2D eigenvalue weighted by atomic mass is 10.0. The summed E-state index contributed by atoms with van der Waals surface area (Å²) in [7, 11) is 0. The highest BCUT2D eigenvalue weighted by Gasteiger charge is 2.29. The zero-order chi connectivity index (χ0) is 11.7. The molecule has 1 saturated carbocycles. The Morgan fingerprint density at radius 2 is 2.00 bits per heavy atom. The maximum atomic E-state index is 6.04. The molecule has 3 rings (SSSR count). The lowest BCUT2D eigenvalue weighted by Crippen LogP contribution is -2.23. The second-order valence-electron chi connectivity index (χ2n) is 4.53. The number of nitrogens with zero attached hydrogens (tertiary/aromatic N) is 2. The predicted molar refractivity (Wildman–Crippen MR) is 64.3 cm³/mol. The highest BCUT2D eigenvalue weighted by atomic mass is 16.5. The summed E-state index contributed by atoms with van der Waals surface area (Å²) in [4.78, 5) is 4.46. The molecule has 1 fully saturated rings. The van der Waals surface area contributed by atoms with Crippen molar-refractivity contribution in [1.29, 1.82) is 0 Å². The quantitative estimate of drug-likeness (QED) is 0.858. The molecule has 17 heavy (non-hydrogen) atoms. The summed E-state index contributed by atoms with van der Waals surface area (Å²) in [6.07, 6.45) is 3.27. The number of nitrogens with two attached hydrogens (primary N) is 1. The number of rotatable bonds is 2. The maximum Gasteiger partial charge on any atom is 0.257 e. The normalized spacial score (nSPS) is 24.1. The van der Waals surface area contributed by atoms with E-state index in [4.69, 9.17) is 10.3 Å². The summed E-state index contributed by atoms with van der Waals surface area (Å²) >= 11 is 0. The fourth-order valence-electron chi connectivity index (χ4n) is 2.39. The molecule has 1 heterocycles. The highest BCUT2D eigenvalue weighted by molar-refractivity contribution is 5.52. The smallest absolute Gasteiger partial charge is 0.257 e. The van der Waals surface area contributed by atoms with E-state index in [-0.39, 0.29) is 12.0 Å². The van der Waals surface area contributed by atoms with Gasteiger partial charge in [0.1, 0.15) is 0 Å². The Kier molecular flexibility index (Phi) is 2.65. The molecule has 0 saturated heterocycles. The molecule has 88 valence electrons. The van der Waals surface area contributed by atoms with E-state index in [2.05, 4.69) is 10.1 Å². The highest BCUT2D eigenvalue weighted by Crippen LogP contribution is 2.32. The van der Waals surface area contributed by atoms with E-state index in [9.17, 15) is 0 Å². The molecule has 1 aliphatic rings. The second kappa shape index (κ2) is 4.30. The zero-order valence-electron chi connectivity index (χ0n) is 9.54. The Labute approximate surface area is 99.8 Å². The topological polar surface area (TPSA) is 64.9 Å². The van der Waals surface area contributed by atoms with E-state index in [1.807, 2.05) is 30.3 Å². The van der Waals surface area contributed by atoms with Crippen LogP contribution in [0.1, 0.15) is 31.0 Å². The molecule has 4 heteroatoms. The van der Waals surface area contributed by atoms with Crippen LogP contribution in [0.3, 0.4) is 0 Å². The number of benzene rings is 1. The average Bonchev–Trinajstić information content (AvgIpc) is 2.98. The number of hydrogen-bond donors (Lipinski definition) is 1. The van der Waals surface area contributed by atoms with Crippen LogP contribution in [0.25, 0.3) is 11.5 Å². The van der Waals surface area contributed by atoms with Crippen LogP contribution in [0.15, 0.2) is 34.9 Å². The van der Waals surface area contributed by atoms with E-state index in [1.165, 1.54) is 0 Å². The first-order chi connectivity index (χ1) is 8.34. The van der Waals surface area contributed by atoms with Crippen molar-refractivity contribution in [2.75, 3.05) is 0 Å². The molecule has 0 aliphatic heterocycles. The Balaban J connectivity index is 1.88. The third-order valence-electron chi connectivity index (χ3n) is 3.36. The number of hydrogen-bond acceptors (Lipinski definition) is 4. The summed E-state index contributed by atoms with van der Waals surface area (Å²) in [6, 6.07) is 9.99. The van der Waals surface area contributed by atoms with Crippen LogP contribution in [0.5, 0.6) is 0 Å². The van der Waals surface area contributed by atoms with Gasteiger partial charge in [-0.2, -0.15) is 4.98 Å². The summed E-state index contributed by atoms with van der Waals surface area (Å²) in [5.41, 5.74) is 6.99. The monoisotopic (exact) mass is 229 g/mol. The van der Waals surface area contributed by atoms with Crippen molar-refractivity contribution in [3.8, 4) is 11.5 Å². The molecular weight excluding hydrogens is 214 g/mol. The molecule has 2 N–H and O–H groups in total. The largest absolute Gasteiger partial charge is 0.334 e. The van der Waals surface area contributed by atoms with Gasteiger partial charge in [0.05, 0.1) is 0 Å². The molecule has 2 aromatic rings. The molecule has 1 aromatic carbocycles. The first-order valence-electron chi connectivity index (χ1n) is 5.99. The Morgan fingerprint density at radius 3 is 2.71 bits per heavy atom. The van der Waals surface area contributed by atoms with Crippen molar-refractivity contribution in [1.82, 2.24) is 10.1 Å². The third kappa shape index (κ3) is 1.96. The standard InChI is InChI=1S/C13H15N3O/c14-11-8-4-7-10(11)12-15-13(17-16-12)9-5-2-1-3-6-9/h1-3,5-6,10-11H,4,7-8,14H2/t10-,11+/m1/s1. The first kappa shape index (κ1) is 10.5. The molecule has 0 bridgehead atoms. The summed E-state index contributed by atoms with van der Waals surface area (Å²) in [5, 5.41) is 4.06. The Hall–Kier alpha value is -1.68. The van der Waals surface area contributed by atoms with Crippen molar-refractivity contribution in [3.63, 3.8) is 0 Å². The van der Waals surface area contributed by atoms with E-state index in [1.54, 1.807) is 0 Å². The average molecular weight is 229 g/mol. The van der Waals surface area contributed by atoms with Gasteiger partial charge in [-0.05, 0) is 25.0 Å². The van der Waals surface area contributed by atoms with E-state index in [0.717, 1.165) is 30.7 Å².